The summed E-state index contributed by atoms with van der Waals surface area (Å²) in [4.78, 5) is 12.4. The van der Waals surface area contributed by atoms with Crippen LogP contribution in [0.1, 0.15) is 55.1 Å². The largest absolute Gasteiger partial charge is 0.297 e. The quantitative estimate of drug-likeness (QED) is 0.334. The predicted octanol–water partition coefficient (Wildman–Crippen LogP) is 6.26. The summed E-state index contributed by atoms with van der Waals surface area (Å²) in [5.41, 5.74) is 7.55. The van der Waals surface area contributed by atoms with Crippen molar-refractivity contribution in [2.24, 2.45) is 5.92 Å². The minimum Gasteiger partial charge on any atom is -0.297 e. The van der Waals surface area contributed by atoms with Crippen LogP contribution in [0, 0.1) is 26.7 Å². The maximum Gasteiger partial charge on any atom is 0.221 e. The molecule has 0 aliphatic heterocycles. The number of fused-ring (bicyclic) bond motifs is 3. The molecular formula is C26H32ClN5. The van der Waals surface area contributed by atoms with E-state index in [0.717, 1.165) is 69.9 Å². The highest BCUT2D eigenvalue weighted by atomic mass is 35.5. The van der Waals surface area contributed by atoms with E-state index in [1.165, 1.54) is 31.5 Å². The van der Waals surface area contributed by atoms with Crippen molar-refractivity contribution in [1.82, 2.24) is 23.8 Å². The van der Waals surface area contributed by atoms with E-state index in [2.05, 4.69) is 53.7 Å². The first kappa shape index (κ1) is 21.5. The Morgan fingerprint density at radius 1 is 1.19 bits per heavy atom. The van der Waals surface area contributed by atoms with Crippen molar-refractivity contribution in [2.75, 3.05) is 13.1 Å². The first-order chi connectivity index (χ1) is 15.5. The van der Waals surface area contributed by atoms with Crippen LogP contribution in [0.25, 0.3) is 22.6 Å². The fraction of sp³-hybridized carbons (Fsp3) is 0.462. The van der Waals surface area contributed by atoms with Gasteiger partial charge in [0, 0.05) is 19.3 Å². The number of aryl methyl sites for hydroxylation is 3. The van der Waals surface area contributed by atoms with Crippen molar-refractivity contribution in [3.63, 3.8) is 0 Å². The van der Waals surface area contributed by atoms with E-state index in [9.17, 15) is 0 Å². The SMILES string of the molecule is CCCN(Cc1c(C)nc2n(-c3c(C)cc(C)cc3Cl)c3ncccc3n12)CC1CCC1. The second kappa shape index (κ2) is 8.53. The summed E-state index contributed by atoms with van der Waals surface area (Å²) in [6.45, 7) is 11.8. The van der Waals surface area contributed by atoms with Gasteiger partial charge in [0.25, 0.3) is 0 Å². The fourth-order valence-electron chi connectivity index (χ4n) is 5.17. The number of rotatable bonds is 7. The predicted molar refractivity (Wildman–Crippen MR) is 132 cm³/mol. The second-order valence-electron chi connectivity index (χ2n) is 9.41. The first-order valence-corrected chi connectivity index (χ1v) is 12.2. The van der Waals surface area contributed by atoms with Crippen molar-refractivity contribution in [3.05, 3.63) is 58.0 Å². The van der Waals surface area contributed by atoms with E-state index in [1.807, 2.05) is 18.3 Å². The van der Waals surface area contributed by atoms with E-state index in [-0.39, 0.29) is 0 Å². The highest BCUT2D eigenvalue weighted by Gasteiger charge is 2.25. The van der Waals surface area contributed by atoms with Crippen molar-refractivity contribution in [1.29, 1.82) is 0 Å². The zero-order valence-corrected chi connectivity index (χ0v) is 20.3. The highest BCUT2D eigenvalue weighted by Crippen LogP contribution is 2.33. The van der Waals surface area contributed by atoms with E-state index in [0.29, 0.717) is 0 Å². The van der Waals surface area contributed by atoms with Crippen molar-refractivity contribution >= 4 is 28.5 Å². The molecule has 0 radical (unpaired) electrons. The van der Waals surface area contributed by atoms with Gasteiger partial charge in [-0.1, -0.05) is 31.0 Å². The fourth-order valence-corrected chi connectivity index (χ4v) is 5.57. The Morgan fingerprint density at radius 3 is 2.69 bits per heavy atom. The molecule has 4 aromatic rings. The standard InChI is InChI=1S/C26H32ClN5/c1-5-12-30(15-20-8-6-9-20)16-23-19(4)29-26-31(23)22-10-7-11-28-25(22)32(26)24-18(3)13-17(2)14-21(24)27/h7,10-11,13-14,20H,5-6,8-9,12,15-16H2,1-4H3. The Kier molecular flexibility index (Phi) is 5.72. The summed E-state index contributed by atoms with van der Waals surface area (Å²) in [5, 5.41) is 0.729. The number of hydrogen-bond acceptors (Lipinski definition) is 3. The van der Waals surface area contributed by atoms with E-state index in [4.69, 9.17) is 21.6 Å². The molecule has 0 unspecified atom stereocenters. The molecule has 168 valence electrons. The molecule has 3 aromatic heterocycles. The molecule has 0 amide bonds. The molecule has 1 fully saturated rings. The summed E-state index contributed by atoms with van der Waals surface area (Å²) < 4.78 is 4.44. The van der Waals surface area contributed by atoms with Crippen LogP contribution in [0.2, 0.25) is 5.02 Å². The molecule has 1 aromatic carbocycles. The van der Waals surface area contributed by atoms with E-state index >= 15 is 0 Å². The lowest BCUT2D eigenvalue weighted by Crippen LogP contribution is -2.33. The van der Waals surface area contributed by atoms with Gasteiger partial charge in [-0.15, -0.1) is 0 Å². The molecule has 0 saturated heterocycles. The van der Waals surface area contributed by atoms with Gasteiger partial charge in [0.2, 0.25) is 5.78 Å². The summed E-state index contributed by atoms with van der Waals surface area (Å²) in [6.07, 6.45) is 7.14. The molecule has 1 saturated carbocycles. The van der Waals surface area contributed by atoms with Crippen molar-refractivity contribution in [2.45, 2.75) is 59.9 Å². The Bertz CT molecular complexity index is 1260. The first-order valence-electron chi connectivity index (χ1n) is 11.8. The minimum absolute atomic E-state index is 0.729. The third kappa shape index (κ3) is 3.61. The summed E-state index contributed by atoms with van der Waals surface area (Å²) in [6, 6.07) is 8.34. The van der Waals surface area contributed by atoms with E-state index in [1.54, 1.807) is 0 Å². The number of nitrogens with zero attached hydrogens (tertiary/aromatic N) is 5. The van der Waals surface area contributed by atoms with Crippen LogP contribution in [-0.2, 0) is 6.54 Å². The van der Waals surface area contributed by atoms with Gasteiger partial charge in [-0.25, -0.2) is 9.97 Å². The van der Waals surface area contributed by atoms with Crippen molar-refractivity contribution in [3.8, 4) is 5.69 Å². The average Bonchev–Trinajstić information content (AvgIpc) is 3.18. The summed E-state index contributed by atoms with van der Waals surface area (Å²) in [7, 11) is 0. The maximum absolute atomic E-state index is 6.78. The molecule has 0 spiro atoms. The van der Waals surface area contributed by atoms with Crippen LogP contribution in [0.15, 0.2) is 30.5 Å². The molecule has 3 heterocycles. The molecule has 0 N–H and O–H groups in total. The third-order valence-electron chi connectivity index (χ3n) is 6.85. The Labute approximate surface area is 195 Å². The van der Waals surface area contributed by atoms with Crippen LogP contribution < -0.4 is 0 Å². The Balaban J connectivity index is 1.69. The topological polar surface area (TPSA) is 38.4 Å². The summed E-state index contributed by atoms with van der Waals surface area (Å²) >= 11 is 6.78. The van der Waals surface area contributed by atoms with Crippen LogP contribution in [0.3, 0.4) is 0 Å². The molecule has 1 aliphatic carbocycles. The lowest BCUT2D eigenvalue weighted by atomic mass is 9.85. The molecule has 32 heavy (non-hydrogen) atoms. The van der Waals surface area contributed by atoms with Crippen molar-refractivity contribution < 1.29 is 0 Å². The number of pyridine rings is 1. The monoisotopic (exact) mass is 449 g/mol. The van der Waals surface area contributed by atoms with Gasteiger partial charge in [-0.3, -0.25) is 13.9 Å². The van der Waals surface area contributed by atoms with E-state index < -0.39 is 0 Å². The van der Waals surface area contributed by atoms with Gasteiger partial charge in [-0.2, -0.15) is 0 Å². The van der Waals surface area contributed by atoms with Gasteiger partial charge in [0.15, 0.2) is 5.65 Å². The zero-order valence-electron chi connectivity index (χ0n) is 19.5. The Morgan fingerprint density at radius 2 is 2.00 bits per heavy atom. The molecule has 5 rings (SSSR count). The molecule has 1 aliphatic rings. The third-order valence-corrected chi connectivity index (χ3v) is 7.14. The minimum atomic E-state index is 0.729. The molecule has 0 bridgehead atoms. The summed E-state index contributed by atoms with van der Waals surface area (Å²) in [5.74, 6) is 1.74. The highest BCUT2D eigenvalue weighted by molar-refractivity contribution is 6.32. The smallest absolute Gasteiger partial charge is 0.221 e. The molecular weight excluding hydrogens is 418 g/mol. The van der Waals surface area contributed by atoms with Gasteiger partial charge in [0.1, 0.15) is 0 Å². The van der Waals surface area contributed by atoms with Crippen LogP contribution in [0.4, 0.5) is 0 Å². The normalized spacial score (nSPS) is 14.7. The maximum atomic E-state index is 6.78. The lowest BCUT2D eigenvalue weighted by molar-refractivity contribution is 0.170. The average molecular weight is 450 g/mol. The number of aromatic nitrogens is 4. The van der Waals surface area contributed by atoms with Crippen LogP contribution in [0.5, 0.6) is 0 Å². The number of hydrogen-bond donors (Lipinski definition) is 0. The van der Waals surface area contributed by atoms with Gasteiger partial charge >= 0.3 is 0 Å². The zero-order chi connectivity index (χ0) is 22.4. The lowest BCUT2D eigenvalue weighted by Gasteiger charge is -2.32. The number of imidazole rings is 2. The van der Waals surface area contributed by atoms with Crippen LogP contribution in [-0.4, -0.2) is 36.9 Å². The van der Waals surface area contributed by atoms with Gasteiger partial charge in [-0.05, 0) is 81.8 Å². The number of benzene rings is 1. The van der Waals surface area contributed by atoms with Gasteiger partial charge in [0.05, 0.1) is 27.6 Å². The van der Waals surface area contributed by atoms with Gasteiger partial charge < -0.3 is 0 Å². The molecule has 0 atom stereocenters. The van der Waals surface area contributed by atoms with Crippen LogP contribution >= 0.6 is 11.6 Å². The second-order valence-corrected chi connectivity index (χ2v) is 9.81. The molecule has 6 heteroatoms. The number of halogens is 1. The Hall–Kier alpha value is -2.37. The molecule has 5 nitrogen and oxygen atoms in total.